The van der Waals surface area contributed by atoms with Gasteiger partial charge in [0.05, 0.1) is 0 Å². The Morgan fingerprint density at radius 3 is 2.68 bits per heavy atom. The number of likely N-dealkylation sites (tertiary alicyclic amines) is 1. The number of hydrogen-bond acceptors (Lipinski definition) is 2. The molecule has 1 aliphatic heterocycles. The van der Waals surface area contributed by atoms with E-state index in [4.69, 9.17) is 0 Å². The van der Waals surface area contributed by atoms with Gasteiger partial charge in [0.1, 0.15) is 0 Å². The molecule has 2 heteroatoms. The van der Waals surface area contributed by atoms with Gasteiger partial charge in [0, 0.05) is 6.04 Å². The smallest absolute Gasteiger partial charge is 0.00956 e. The Balaban J connectivity index is 1.69. The fourth-order valence-electron chi connectivity index (χ4n) is 4.12. The van der Waals surface area contributed by atoms with Crippen molar-refractivity contribution in [1.82, 2.24) is 10.2 Å². The quantitative estimate of drug-likeness (QED) is 0.789. The van der Waals surface area contributed by atoms with Crippen LogP contribution in [0.3, 0.4) is 0 Å². The Morgan fingerprint density at radius 2 is 1.89 bits per heavy atom. The van der Waals surface area contributed by atoms with Gasteiger partial charge in [-0.3, -0.25) is 0 Å². The van der Waals surface area contributed by atoms with Crippen molar-refractivity contribution < 1.29 is 0 Å². The lowest BCUT2D eigenvalue weighted by atomic mass is 9.98. The van der Waals surface area contributed by atoms with Crippen molar-refractivity contribution in [3.8, 4) is 0 Å². The van der Waals surface area contributed by atoms with E-state index in [-0.39, 0.29) is 0 Å². The van der Waals surface area contributed by atoms with E-state index in [9.17, 15) is 0 Å². The third kappa shape index (κ3) is 4.75. The monoisotopic (exact) mass is 266 g/mol. The number of nitrogens with zero attached hydrogens (tertiary/aromatic N) is 1. The van der Waals surface area contributed by atoms with Gasteiger partial charge in [0.2, 0.25) is 0 Å². The predicted octanol–water partition coefficient (Wildman–Crippen LogP) is 3.67. The lowest BCUT2D eigenvalue weighted by molar-refractivity contribution is 0.245. The molecule has 3 atom stereocenters. The van der Waals surface area contributed by atoms with E-state index in [1.54, 1.807) is 0 Å². The topological polar surface area (TPSA) is 15.3 Å². The summed E-state index contributed by atoms with van der Waals surface area (Å²) in [4.78, 5) is 2.75. The van der Waals surface area contributed by atoms with Crippen LogP contribution in [0.4, 0.5) is 0 Å². The lowest BCUT2D eigenvalue weighted by Crippen LogP contribution is -2.35. The zero-order chi connectivity index (χ0) is 13.5. The van der Waals surface area contributed by atoms with Crippen molar-refractivity contribution in [3.05, 3.63) is 0 Å². The summed E-state index contributed by atoms with van der Waals surface area (Å²) in [6.07, 6.45) is 11.5. The molecule has 1 aliphatic carbocycles. The van der Waals surface area contributed by atoms with E-state index in [0.29, 0.717) is 0 Å². The van der Waals surface area contributed by atoms with Gasteiger partial charge in [-0.05, 0) is 76.5 Å². The second-order valence-electron chi connectivity index (χ2n) is 6.69. The minimum Gasteiger partial charge on any atom is -0.314 e. The molecule has 19 heavy (non-hydrogen) atoms. The lowest BCUT2D eigenvalue weighted by Gasteiger charge is -2.25. The van der Waals surface area contributed by atoms with E-state index >= 15 is 0 Å². The largest absolute Gasteiger partial charge is 0.314 e. The highest BCUT2D eigenvalue weighted by molar-refractivity contribution is 4.83. The van der Waals surface area contributed by atoms with Gasteiger partial charge < -0.3 is 10.2 Å². The van der Waals surface area contributed by atoms with Crippen LogP contribution >= 0.6 is 0 Å². The van der Waals surface area contributed by atoms with Gasteiger partial charge in [0.25, 0.3) is 0 Å². The molecule has 112 valence electrons. The summed E-state index contributed by atoms with van der Waals surface area (Å²) in [5.74, 6) is 1.95. The van der Waals surface area contributed by atoms with E-state index in [1.807, 2.05) is 0 Å². The summed E-state index contributed by atoms with van der Waals surface area (Å²) in [7, 11) is 0. The first-order chi connectivity index (χ1) is 9.33. The summed E-state index contributed by atoms with van der Waals surface area (Å²) in [5, 5.41) is 3.69. The van der Waals surface area contributed by atoms with Crippen LogP contribution in [0.25, 0.3) is 0 Å². The van der Waals surface area contributed by atoms with Gasteiger partial charge >= 0.3 is 0 Å². The highest BCUT2D eigenvalue weighted by atomic mass is 15.1. The molecule has 0 bridgehead atoms. The van der Waals surface area contributed by atoms with Crippen molar-refractivity contribution in [2.24, 2.45) is 11.8 Å². The number of nitrogens with one attached hydrogen (secondary N) is 1. The fraction of sp³-hybridized carbons (Fsp3) is 1.00. The second kappa shape index (κ2) is 8.26. The van der Waals surface area contributed by atoms with Gasteiger partial charge in [-0.15, -0.1) is 0 Å². The van der Waals surface area contributed by atoms with Crippen LogP contribution < -0.4 is 5.32 Å². The zero-order valence-corrected chi connectivity index (χ0v) is 13.2. The standard InChI is InChI=1S/C17H34N2/c1-3-15-7-6-12-19(13-10-15)14-11-16-8-5-9-17(16)18-4-2/h15-18H,3-14H2,1-2H3. The highest BCUT2D eigenvalue weighted by Gasteiger charge is 2.26. The maximum absolute atomic E-state index is 3.69. The average molecular weight is 266 g/mol. The third-order valence-electron chi connectivity index (χ3n) is 5.46. The van der Waals surface area contributed by atoms with Crippen molar-refractivity contribution in [1.29, 1.82) is 0 Å². The predicted molar refractivity (Wildman–Crippen MR) is 83.5 cm³/mol. The molecule has 2 nitrogen and oxygen atoms in total. The first-order valence-corrected chi connectivity index (χ1v) is 8.79. The average Bonchev–Trinajstić information content (AvgIpc) is 2.73. The van der Waals surface area contributed by atoms with Crippen molar-refractivity contribution in [2.75, 3.05) is 26.2 Å². The Kier molecular flexibility index (Phi) is 6.66. The molecule has 1 N–H and O–H groups in total. The van der Waals surface area contributed by atoms with E-state index in [2.05, 4.69) is 24.1 Å². The molecule has 2 rings (SSSR count). The Bertz CT molecular complexity index is 241. The Labute approximate surface area is 120 Å². The third-order valence-corrected chi connectivity index (χ3v) is 5.46. The summed E-state index contributed by atoms with van der Waals surface area (Å²) in [5.41, 5.74) is 0. The summed E-state index contributed by atoms with van der Waals surface area (Å²) < 4.78 is 0. The van der Waals surface area contributed by atoms with Crippen LogP contribution in [0.1, 0.15) is 65.2 Å². The Hall–Kier alpha value is -0.0800. The molecule has 1 heterocycles. The molecule has 1 saturated carbocycles. The first kappa shape index (κ1) is 15.3. The van der Waals surface area contributed by atoms with Crippen LogP contribution in [0, 0.1) is 11.8 Å². The Morgan fingerprint density at radius 1 is 1.00 bits per heavy atom. The maximum Gasteiger partial charge on any atom is 0.00956 e. The molecule has 0 radical (unpaired) electrons. The van der Waals surface area contributed by atoms with Crippen LogP contribution in [-0.2, 0) is 0 Å². The molecule has 2 fully saturated rings. The normalized spacial score (nSPS) is 33.5. The van der Waals surface area contributed by atoms with Gasteiger partial charge in [-0.25, -0.2) is 0 Å². The molecular formula is C17H34N2. The molecule has 1 saturated heterocycles. The van der Waals surface area contributed by atoms with Crippen molar-refractivity contribution in [3.63, 3.8) is 0 Å². The zero-order valence-electron chi connectivity index (χ0n) is 13.2. The summed E-state index contributed by atoms with van der Waals surface area (Å²) in [6.45, 7) is 9.81. The number of hydrogen-bond donors (Lipinski definition) is 1. The molecule has 2 aliphatic rings. The first-order valence-electron chi connectivity index (χ1n) is 8.79. The summed E-state index contributed by atoms with van der Waals surface area (Å²) >= 11 is 0. The molecule has 0 amide bonds. The van der Waals surface area contributed by atoms with Crippen LogP contribution in [-0.4, -0.2) is 37.1 Å². The minimum absolute atomic E-state index is 0.820. The molecule has 0 aromatic rings. The summed E-state index contributed by atoms with van der Waals surface area (Å²) in [6, 6.07) is 0.820. The van der Waals surface area contributed by atoms with Gasteiger partial charge in [0.15, 0.2) is 0 Å². The van der Waals surface area contributed by atoms with Crippen LogP contribution in [0.2, 0.25) is 0 Å². The van der Waals surface area contributed by atoms with Crippen molar-refractivity contribution in [2.45, 2.75) is 71.3 Å². The molecular weight excluding hydrogens is 232 g/mol. The second-order valence-corrected chi connectivity index (χ2v) is 6.69. The van der Waals surface area contributed by atoms with Crippen LogP contribution in [0.5, 0.6) is 0 Å². The number of rotatable bonds is 6. The van der Waals surface area contributed by atoms with E-state index in [0.717, 1.165) is 24.4 Å². The van der Waals surface area contributed by atoms with Gasteiger partial charge in [-0.1, -0.05) is 26.7 Å². The fourth-order valence-corrected chi connectivity index (χ4v) is 4.12. The maximum atomic E-state index is 3.69. The van der Waals surface area contributed by atoms with Gasteiger partial charge in [-0.2, -0.15) is 0 Å². The van der Waals surface area contributed by atoms with Crippen LogP contribution in [0.15, 0.2) is 0 Å². The van der Waals surface area contributed by atoms with E-state index < -0.39 is 0 Å². The molecule has 0 aromatic carbocycles. The SMILES string of the molecule is CCNC1CCCC1CCN1CCCC(CC)CC1. The van der Waals surface area contributed by atoms with Crippen molar-refractivity contribution >= 4 is 0 Å². The van der Waals surface area contributed by atoms with E-state index in [1.165, 1.54) is 71.0 Å². The molecule has 3 unspecified atom stereocenters. The highest BCUT2D eigenvalue weighted by Crippen LogP contribution is 2.29. The molecule has 0 spiro atoms. The molecule has 0 aromatic heterocycles. The minimum atomic E-state index is 0.820.